The minimum Gasteiger partial charge on any atom is -0.597 e. The van der Waals surface area contributed by atoms with E-state index in [1.54, 1.807) is 11.7 Å². The average molecular weight is 351 g/mol. The number of benzene rings is 1. The van der Waals surface area contributed by atoms with Crippen molar-refractivity contribution in [2.75, 3.05) is 27.2 Å². The topological polar surface area (TPSA) is 71.3 Å². The fraction of sp³-hybridized carbons (Fsp3) is 0.368. The average Bonchev–Trinajstić information content (AvgIpc) is 3.38. The van der Waals surface area contributed by atoms with Crippen molar-refractivity contribution in [3.05, 3.63) is 47.8 Å². The normalized spacial score (nSPS) is 17.9. The number of H-pyrrole nitrogens is 1. The minimum atomic E-state index is 0.0204. The van der Waals surface area contributed by atoms with Gasteiger partial charge >= 0.3 is 0 Å². The van der Waals surface area contributed by atoms with Gasteiger partial charge < -0.3 is 20.3 Å². The SMILES string of the molecule is C[N-]N1CC[C@@H](N(C)C(=O)c2cc3cc(-c4cnn(C)c4)ccc3[nH]2)C1. The third-order valence-electron chi connectivity index (χ3n) is 5.18. The summed E-state index contributed by atoms with van der Waals surface area (Å²) in [5, 5.41) is 7.26. The Hall–Kier alpha value is -2.64. The lowest BCUT2D eigenvalue weighted by atomic mass is 10.1. The highest BCUT2D eigenvalue weighted by molar-refractivity contribution is 5.99. The molecule has 1 fully saturated rings. The van der Waals surface area contributed by atoms with Crippen molar-refractivity contribution in [2.24, 2.45) is 7.05 Å². The Labute approximate surface area is 152 Å². The summed E-state index contributed by atoms with van der Waals surface area (Å²) in [5.41, 5.74) is 7.95. The van der Waals surface area contributed by atoms with E-state index in [2.05, 4.69) is 21.6 Å². The van der Waals surface area contributed by atoms with Crippen LogP contribution in [0.5, 0.6) is 0 Å². The van der Waals surface area contributed by atoms with Gasteiger partial charge in [-0.15, -0.1) is 0 Å². The molecule has 136 valence electrons. The molecule has 26 heavy (non-hydrogen) atoms. The molecule has 0 bridgehead atoms. The first kappa shape index (κ1) is 16.8. The van der Waals surface area contributed by atoms with Gasteiger partial charge in [0.05, 0.1) is 6.20 Å². The molecule has 3 aromatic rings. The maximum absolute atomic E-state index is 12.9. The lowest BCUT2D eigenvalue weighted by Gasteiger charge is -2.30. The zero-order valence-corrected chi connectivity index (χ0v) is 15.3. The minimum absolute atomic E-state index is 0.0204. The number of carbonyl (C=O) groups is 1. The molecule has 2 aromatic heterocycles. The predicted octanol–water partition coefficient (Wildman–Crippen LogP) is 2.63. The Morgan fingerprint density at radius 2 is 2.19 bits per heavy atom. The molecule has 0 unspecified atom stereocenters. The van der Waals surface area contributed by atoms with E-state index < -0.39 is 0 Å². The number of carbonyl (C=O) groups excluding carboxylic acids is 1. The zero-order chi connectivity index (χ0) is 18.3. The number of aromatic nitrogens is 3. The summed E-state index contributed by atoms with van der Waals surface area (Å²) in [6.07, 6.45) is 4.78. The molecule has 4 rings (SSSR count). The van der Waals surface area contributed by atoms with Crippen molar-refractivity contribution >= 4 is 16.8 Å². The number of fused-ring (bicyclic) bond motifs is 1. The van der Waals surface area contributed by atoms with Gasteiger partial charge in [0.2, 0.25) is 0 Å². The molecule has 0 radical (unpaired) electrons. The van der Waals surface area contributed by atoms with Crippen LogP contribution < -0.4 is 0 Å². The van der Waals surface area contributed by atoms with Crippen molar-refractivity contribution in [3.8, 4) is 11.1 Å². The fourth-order valence-corrected chi connectivity index (χ4v) is 3.58. The fourth-order valence-electron chi connectivity index (χ4n) is 3.58. The summed E-state index contributed by atoms with van der Waals surface area (Å²) < 4.78 is 1.79. The van der Waals surface area contributed by atoms with Gasteiger partial charge in [0.1, 0.15) is 5.69 Å². The Balaban J connectivity index is 1.58. The molecular weight excluding hydrogens is 328 g/mol. The van der Waals surface area contributed by atoms with Gasteiger partial charge in [0.15, 0.2) is 0 Å². The number of hydrogen-bond donors (Lipinski definition) is 1. The van der Waals surface area contributed by atoms with Crippen molar-refractivity contribution in [2.45, 2.75) is 12.5 Å². The summed E-state index contributed by atoms with van der Waals surface area (Å²) in [4.78, 5) is 18.0. The molecule has 1 aliphatic heterocycles. The quantitative estimate of drug-likeness (QED) is 0.785. The third-order valence-corrected chi connectivity index (χ3v) is 5.18. The Morgan fingerprint density at radius 1 is 1.35 bits per heavy atom. The lowest BCUT2D eigenvalue weighted by molar-refractivity contribution is 0.0733. The van der Waals surface area contributed by atoms with Gasteiger partial charge in [-0.1, -0.05) is 6.07 Å². The molecule has 1 aromatic carbocycles. The highest BCUT2D eigenvalue weighted by Gasteiger charge is 2.26. The number of nitrogens with zero attached hydrogens (tertiary/aromatic N) is 5. The second-order valence-electron chi connectivity index (χ2n) is 6.86. The molecule has 1 saturated heterocycles. The summed E-state index contributed by atoms with van der Waals surface area (Å²) in [6, 6.07) is 8.29. The molecule has 0 aliphatic carbocycles. The first-order chi connectivity index (χ1) is 12.5. The van der Waals surface area contributed by atoms with Crippen molar-refractivity contribution in [1.82, 2.24) is 24.7 Å². The summed E-state index contributed by atoms with van der Waals surface area (Å²) in [7, 11) is 5.57. The third kappa shape index (κ3) is 3.00. The molecule has 7 nitrogen and oxygen atoms in total. The van der Waals surface area contributed by atoms with Crippen LogP contribution in [0.1, 0.15) is 16.9 Å². The molecule has 0 spiro atoms. The monoisotopic (exact) mass is 351 g/mol. The number of nitrogens with one attached hydrogen (secondary N) is 1. The van der Waals surface area contributed by atoms with Gasteiger partial charge in [-0.05, 0) is 36.7 Å². The molecule has 7 heteroatoms. The second-order valence-corrected chi connectivity index (χ2v) is 6.86. The van der Waals surface area contributed by atoms with Crippen LogP contribution in [0.15, 0.2) is 36.7 Å². The first-order valence-corrected chi connectivity index (χ1v) is 8.79. The van der Waals surface area contributed by atoms with E-state index >= 15 is 0 Å². The highest BCUT2D eigenvalue weighted by atomic mass is 16.2. The molecular formula is C19H23N6O-. The van der Waals surface area contributed by atoms with Crippen LogP contribution in [0, 0.1) is 0 Å². The second kappa shape index (κ2) is 6.59. The van der Waals surface area contributed by atoms with Gasteiger partial charge in [-0.2, -0.15) is 12.1 Å². The van der Waals surface area contributed by atoms with E-state index in [-0.39, 0.29) is 11.9 Å². The maximum Gasteiger partial charge on any atom is 0.270 e. The van der Waals surface area contributed by atoms with E-state index in [9.17, 15) is 4.79 Å². The summed E-state index contributed by atoms with van der Waals surface area (Å²) in [6.45, 7) is 1.70. The number of hydrogen-bond acceptors (Lipinski definition) is 3. The zero-order valence-electron chi connectivity index (χ0n) is 15.3. The van der Waals surface area contributed by atoms with E-state index in [4.69, 9.17) is 0 Å². The standard InChI is InChI=1S/C19H23N6O/c1-20-25-7-6-16(12-25)24(3)19(26)18-9-14-8-13(4-5-17(14)22-18)15-10-21-23(2)11-15/h4-5,8-11,16,22H,6-7,12H2,1-3H3/q-1/t16-/m1/s1. The van der Waals surface area contributed by atoms with Crippen LogP contribution in [0.2, 0.25) is 0 Å². The van der Waals surface area contributed by atoms with E-state index in [0.29, 0.717) is 5.69 Å². The van der Waals surface area contributed by atoms with Crippen LogP contribution in [0.25, 0.3) is 27.5 Å². The molecule has 3 heterocycles. The van der Waals surface area contributed by atoms with Gasteiger partial charge in [-0.25, -0.2) is 0 Å². The highest BCUT2D eigenvalue weighted by Crippen LogP contribution is 2.25. The van der Waals surface area contributed by atoms with Crippen LogP contribution >= 0.6 is 0 Å². The maximum atomic E-state index is 12.9. The van der Waals surface area contributed by atoms with Crippen LogP contribution in [0.3, 0.4) is 0 Å². The van der Waals surface area contributed by atoms with Gasteiger partial charge in [-0.3, -0.25) is 9.48 Å². The van der Waals surface area contributed by atoms with Crippen molar-refractivity contribution < 1.29 is 4.79 Å². The first-order valence-electron chi connectivity index (χ1n) is 8.79. The van der Waals surface area contributed by atoms with E-state index in [0.717, 1.165) is 41.5 Å². The number of aryl methyl sites for hydroxylation is 1. The van der Waals surface area contributed by atoms with Crippen molar-refractivity contribution in [3.63, 3.8) is 0 Å². The van der Waals surface area contributed by atoms with Crippen LogP contribution in [-0.4, -0.2) is 63.8 Å². The Kier molecular flexibility index (Phi) is 4.26. The van der Waals surface area contributed by atoms with E-state index in [1.165, 1.54) is 0 Å². The van der Waals surface area contributed by atoms with Crippen molar-refractivity contribution in [1.29, 1.82) is 0 Å². The van der Waals surface area contributed by atoms with E-state index in [1.807, 2.05) is 54.6 Å². The van der Waals surface area contributed by atoms with Gasteiger partial charge in [0, 0.05) is 49.3 Å². The molecule has 1 amide bonds. The van der Waals surface area contributed by atoms with Gasteiger partial charge in [0.25, 0.3) is 5.91 Å². The van der Waals surface area contributed by atoms with Crippen LogP contribution in [-0.2, 0) is 7.05 Å². The molecule has 0 saturated carbocycles. The number of likely N-dealkylation sites (N-methyl/N-ethyl adjacent to an activating group) is 1. The lowest BCUT2D eigenvalue weighted by Crippen LogP contribution is -2.38. The molecule has 1 aliphatic rings. The Morgan fingerprint density at radius 3 is 2.88 bits per heavy atom. The number of aromatic amines is 1. The van der Waals surface area contributed by atoms with Crippen LogP contribution in [0.4, 0.5) is 0 Å². The predicted molar refractivity (Wildman–Crippen MR) is 102 cm³/mol. The molecule has 1 N–H and O–H groups in total. The summed E-state index contributed by atoms with van der Waals surface area (Å²) in [5.74, 6) is 0.0204. The number of rotatable bonds is 4. The number of amides is 1. The molecule has 1 atom stereocenters. The smallest absolute Gasteiger partial charge is 0.270 e. The Bertz CT molecular complexity index is 943. The summed E-state index contributed by atoms with van der Waals surface area (Å²) >= 11 is 0. The largest absolute Gasteiger partial charge is 0.597 e.